The topological polar surface area (TPSA) is 61.7 Å². The third-order valence-electron chi connectivity index (χ3n) is 4.85. The summed E-state index contributed by atoms with van der Waals surface area (Å²) in [7, 11) is -3.22. The fourth-order valence-electron chi connectivity index (χ4n) is 3.37. The maximum absolute atomic E-state index is 12.5. The Morgan fingerprint density at radius 1 is 1.00 bits per heavy atom. The molecule has 2 aliphatic rings. The van der Waals surface area contributed by atoms with Gasteiger partial charge in [0.1, 0.15) is 5.82 Å². The summed E-state index contributed by atoms with van der Waals surface area (Å²) in [6.07, 6.45) is 6.89. The number of aryl methyl sites for hydroxylation is 2. The molecular weight excluding hydrogens is 314 g/mol. The normalized spacial score (nSPS) is 22.0. The third-order valence-corrected chi connectivity index (χ3v) is 6.88. The number of aromatic nitrogens is 2. The van der Waals surface area contributed by atoms with Gasteiger partial charge in [-0.15, -0.1) is 0 Å². The molecule has 3 rings (SSSR count). The van der Waals surface area contributed by atoms with Crippen molar-refractivity contribution in [1.29, 1.82) is 0 Å². The van der Waals surface area contributed by atoms with E-state index < -0.39 is 10.2 Å². The predicted molar refractivity (Wildman–Crippen MR) is 89.3 cm³/mol. The van der Waals surface area contributed by atoms with E-state index in [0.29, 0.717) is 26.2 Å². The van der Waals surface area contributed by atoms with Gasteiger partial charge in [0.25, 0.3) is 10.2 Å². The lowest BCUT2D eigenvalue weighted by atomic mass is 10.3. The average Bonchev–Trinajstić information content (AvgIpc) is 3.20. The zero-order valence-electron chi connectivity index (χ0n) is 13.9. The van der Waals surface area contributed by atoms with Crippen LogP contribution < -0.4 is 0 Å². The molecule has 0 atom stereocenters. The van der Waals surface area contributed by atoms with Crippen LogP contribution in [0.5, 0.6) is 0 Å². The second-order valence-electron chi connectivity index (χ2n) is 6.38. The molecule has 0 amide bonds. The third kappa shape index (κ3) is 3.93. The average molecular weight is 341 g/mol. The lowest BCUT2D eigenvalue weighted by Gasteiger charge is -2.35. The molecule has 0 spiro atoms. The highest BCUT2D eigenvalue weighted by molar-refractivity contribution is 7.86. The van der Waals surface area contributed by atoms with Crippen molar-refractivity contribution in [1.82, 2.24) is 23.1 Å². The Hall–Kier alpha value is -0.960. The number of piperazine rings is 1. The van der Waals surface area contributed by atoms with Crippen molar-refractivity contribution in [2.75, 3.05) is 45.8 Å². The molecule has 2 saturated heterocycles. The fourth-order valence-corrected chi connectivity index (χ4v) is 5.04. The second kappa shape index (κ2) is 7.29. The maximum Gasteiger partial charge on any atom is 0.282 e. The summed E-state index contributed by atoms with van der Waals surface area (Å²) in [5, 5.41) is 0. The standard InChI is InChI=1S/C15H27N5O2S/c1-15-16-5-10-18(15)7-4-6-17-11-13-20(14-12-17)23(21,22)19-8-2-3-9-19/h5,10H,2-4,6-9,11-14H2,1H3. The van der Waals surface area contributed by atoms with Crippen LogP contribution >= 0.6 is 0 Å². The first-order valence-corrected chi connectivity index (χ1v) is 9.92. The van der Waals surface area contributed by atoms with Crippen molar-refractivity contribution in [3.8, 4) is 0 Å². The molecule has 1 aromatic heterocycles. The zero-order valence-corrected chi connectivity index (χ0v) is 14.7. The zero-order chi connectivity index (χ0) is 16.3. The fraction of sp³-hybridized carbons (Fsp3) is 0.800. The summed E-state index contributed by atoms with van der Waals surface area (Å²) < 4.78 is 30.5. The Morgan fingerprint density at radius 3 is 2.26 bits per heavy atom. The van der Waals surface area contributed by atoms with Crippen LogP contribution in [0.3, 0.4) is 0 Å². The number of nitrogens with zero attached hydrogens (tertiary/aromatic N) is 5. The van der Waals surface area contributed by atoms with Crippen molar-refractivity contribution >= 4 is 10.2 Å². The molecule has 0 saturated carbocycles. The van der Waals surface area contributed by atoms with Crippen molar-refractivity contribution in [2.24, 2.45) is 0 Å². The highest BCUT2D eigenvalue weighted by Crippen LogP contribution is 2.18. The van der Waals surface area contributed by atoms with E-state index in [1.165, 1.54) is 0 Å². The number of rotatable bonds is 6. The molecule has 8 heteroatoms. The van der Waals surface area contributed by atoms with E-state index in [9.17, 15) is 8.42 Å². The first-order valence-electron chi connectivity index (χ1n) is 8.53. The molecule has 7 nitrogen and oxygen atoms in total. The van der Waals surface area contributed by atoms with Crippen LogP contribution in [0.1, 0.15) is 25.1 Å². The Morgan fingerprint density at radius 2 is 1.65 bits per heavy atom. The second-order valence-corrected chi connectivity index (χ2v) is 8.30. The van der Waals surface area contributed by atoms with Crippen molar-refractivity contribution in [3.63, 3.8) is 0 Å². The van der Waals surface area contributed by atoms with E-state index in [2.05, 4.69) is 14.5 Å². The molecule has 23 heavy (non-hydrogen) atoms. The molecule has 0 bridgehead atoms. The van der Waals surface area contributed by atoms with E-state index in [-0.39, 0.29) is 0 Å². The van der Waals surface area contributed by atoms with Gasteiger partial charge in [0.2, 0.25) is 0 Å². The largest absolute Gasteiger partial charge is 0.335 e. The van der Waals surface area contributed by atoms with Gasteiger partial charge in [-0.1, -0.05) is 0 Å². The lowest BCUT2D eigenvalue weighted by Crippen LogP contribution is -2.52. The van der Waals surface area contributed by atoms with Gasteiger partial charge in [-0.25, -0.2) is 4.98 Å². The minimum atomic E-state index is -3.22. The molecule has 2 aliphatic heterocycles. The maximum atomic E-state index is 12.5. The summed E-state index contributed by atoms with van der Waals surface area (Å²) in [6, 6.07) is 0. The van der Waals surface area contributed by atoms with Gasteiger partial charge >= 0.3 is 0 Å². The van der Waals surface area contributed by atoms with Gasteiger partial charge in [0.05, 0.1) is 0 Å². The van der Waals surface area contributed by atoms with E-state index >= 15 is 0 Å². The van der Waals surface area contributed by atoms with Gasteiger partial charge in [-0.3, -0.25) is 0 Å². The number of hydrogen-bond donors (Lipinski definition) is 0. The Balaban J connectivity index is 1.42. The summed E-state index contributed by atoms with van der Waals surface area (Å²) in [5.41, 5.74) is 0. The van der Waals surface area contributed by atoms with Crippen LogP contribution in [0.15, 0.2) is 12.4 Å². The van der Waals surface area contributed by atoms with Crippen LogP contribution in [0.2, 0.25) is 0 Å². The van der Waals surface area contributed by atoms with Gasteiger partial charge in [0, 0.05) is 58.2 Å². The van der Waals surface area contributed by atoms with E-state index in [0.717, 1.165) is 51.3 Å². The monoisotopic (exact) mass is 341 g/mol. The molecule has 0 N–H and O–H groups in total. The number of imidazole rings is 1. The van der Waals surface area contributed by atoms with Crippen molar-refractivity contribution in [2.45, 2.75) is 32.7 Å². The molecule has 0 radical (unpaired) electrons. The number of hydrogen-bond acceptors (Lipinski definition) is 4. The van der Waals surface area contributed by atoms with Crippen molar-refractivity contribution < 1.29 is 8.42 Å². The van der Waals surface area contributed by atoms with Crippen LogP contribution in [-0.2, 0) is 16.8 Å². The molecular formula is C15H27N5O2S. The molecule has 130 valence electrons. The summed E-state index contributed by atoms with van der Waals surface area (Å²) in [4.78, 5) is 6.59. The smallest absolute Gasteiger partial charge is 0.282 e. The van der Waals surface area contributed by atoms with E-state index in [4.69, 9.17) is 0 Å². The molecule has 0 aromatic carbocycles. The van der Waals surface area contributed by atoms with Gasteiger partial charge < -0.3 is 9.47 Å². The Bertz CT molecular complexity index is 601. The molecule has 3 heterocycles. The minimum absolute atomic E-state index is 0.614. The SMILES string of the molecule is Cc1nccn1CCCN1CCN(S(=O)(=O)N2CCCC2)CC1. The van der Waals surface area contributed by atoms with Crippen molar-refractivity contribution in [3.05, 3.63) is 18.2 Å². The lowest BCUT2D eigenvalue weighted by molar-refractivity contribution is 0.179. The summed E-state index contributed by atoms with van der Waals surface area (Å²) in [6.45, 7) is 8.26. The van der Waals surface area contributed by atoms with Crippen LogP contribution in [0.25, 0.3) is 0 Å². The molecule has 0 aliphatic carbocycles. The minimum Gasteiger partial charge on any atom is -0.335 e. The summed E-state index contributed by atoms with van der Waals surface area (Å²) in [5.74, 6) is 1.05. The molecule has 2 fully saturated rings. The highest BCUT2D eigenvalue weighted by Gasteiger charge is 2.33. The van der Waals surface area contributed by atoms with Gasteiger partial charge in [0.15, 0.2) is 0 Å². The Kier molecular flexibility index (Phi) is 5.35. The predicted octanol–water partition coefficient (Wildman–Crippen LogP) is 0.540. The van der Waals surface area contributed by atoms with Crippen LogP contribution in [-0.4, -0.2) is 77.3 Å². The van der Waals surface area contributed by atoms with Gasteiger partial charge in [-0.2, -0.15) is 17.0 Å². The first kappa shape index (κ1) is 16.9. The first-order chi connectivity index (χ1) is 11.1. The van der Waals surface area contributed by atoms with E-state index in [1.807, 2.05) is 19.3 Å². The molecule has 1 aromatic rings. The van der Waals surface area contributed by atoms with E-state index in [1.54, 1.807) is 8.61 Å². The van der Waals surface area contributed by atoms with Crippen LogP contribution in [0.4, 0.5) is 0 Å². The highest BCUT2D eigenvalue weighted by atomic mass is 32.2. The molecule has 0 unspecified atom stereocenters. The van der Waals surface area contributed by atoms with Gasteiger partial charge in [-0.05, 0) is 32.7 Å². The summed E-state index contributed by atoms with van der Waals surface area (Å²) >= 11 is 0. The van der Waals surface area contributed by atoms with Crippen LogP contribution in [0, 0.1) is 6.92 Å². The Labute approximate surface area is 139 Å². The quantitative estimate of drug-likeness (QED) is 0.758.